The number of halogens is 1. The summed E-state index contributed by atoms with van der Waals surface area (Å²) in [6.45, 7) is 6.04. The molecule has 0 radical (unpaired) electrons. The van der Waals surface area contributed by atoms with Gasteiger partial charge < -0.3 is 18.9 Å². The fourth-order valence-electron chi connectivity index (χ4n) is 5.00. The van der Waals surface area contributed by atoms with E-state index in [1.807, 2.05) is 61.5 Å². The number of carbonyl (C=O) groups is 1. The number of esters is 1. The largest absolute Gasteiger partial charge is 0.494 e. The summed E-state index contributed by atoms with van der Waals surface area (Å²) in [7, 11) is 0. The molecule has 0 aliphatic carbocycles. The third-order valence-corrected chi connectivity index (χ3v) is 9.58. The van der Waals surface area contributed by atoms with Gasteiger partial charge in [0.15, 0.2) is 15.1 Å². The second-order valence-corrected chi connectivity index (χ2v) is 12.8. The number of rotatable bonds is 9. The van der Waals surface area contributed by atoms with Crippen LogP contribution in [0.2, 0.25) is 0 Å². The van der Waals surface area contributed by atoms with Gasteiger partial charge in [-0.15, -0.1) is 0 Å². The molecule has 46 heavy (non-hydrogen) atoms. The quantitative estimate of drug-likeness (QED) is 0.162. The molecule has 0 amide bonds. The molecule has 1 aliphatic rings. The first kappa shape index (κ1) is 31.5. The van der Waals surface area contributed by atoms with Gasteiger partial charge in [-0.3, -0.25) is 14.2 Å². The zero-order valence-electron chi connectivity index (χ0n) is 24.9. The lowest BCUT2D eigenvalue weighted by atomic mass is 9.93. The Morgan fingerprint density at radius 3 is 2.57 bits per heavy atom. The molecule has 0 unspecified atom stereocenters. The number of furan rings is 1. The predicted octanol–water partition coefficient (Wildman–Crippen LogP) is 5.23. The van der Waals surface area contributed by atoms with Gasteiger partial charge in [0.05, 0.1) is 39.5 Å². The topological polar surface area (TPSA) is 129 Å². The van der Waals surface area contributed by atoms with Crippen LogP contribution in [0, 0.1) is 6.92 Å². The molecule has 0 saturated carbocycles. The van der Waals surface area contributed by atoms with Crippen molar-refractivity contribution in [2.24, 2.45) is 4.99 Å². The SMILES string of the molecule is CCOC(=O)C1=C(c2ccccc2)N=c2s/c(=C\c3cc(Br)c(Sc4nc(C)cc(=O)[nH]4)o3)c(=O)n2[C@@H]1c1ccc(OCC)cc1. The van der Waals surface area contributed by atoms with Crippen molar-refractivity contribution in [2.75, 3.05) is 13.2 Å². The standard InChI is InChI=1S/C33H27BrN4O6S2/c1-4-42-21-13-11-20(12-14-21)28-26(30(41)43-5-2)27(19-9-7-6-8-10-19)37-33-38(28)29(40)24(45-33)17-22-16-23(34)31(44-22)46-32-35-18(3)15-25(39)36-32/h6-17,28H,4-5H2,1-3H3,(H,35,36,39)/b24-17-/t28-/m1/s1. The highest BCUT2D eigenvalue weighted by Gasteiger charge is 2.35. The van der Waals surface area contributed by atoms with Crippen molar-refractivity contribution in [3.63, 3.8) is 0 Å². The molecule has 6 rings (SSSR count). The number of ether oxygens (including phenoxy) is 2. The molecule has 4 heterocycles. The minimum atomic E-state index is -0.818. The molecular formula is C33H27BrN4O6S2. The molecule has 1 aliphatic heterocycles. The monoisotopic (exact) mass is 718 g/mol. The summed E-state index contributed by atoms with van der Waals surface area (Å²) in [5.41, 5.74) is 2.08. The fraction of sp³-hybridized carbons (Fsp3) is 0.182. The number of benzene rings is 2. The second kappa shape index (κ2) is 13.5. The Labute approximate surface area is 279 Å². The molecule has 3 aromatic heterocycles. The summed E-state index contributed by atoms with van der Waals surface area (Å²) in [6.07, 6.45) is 1.64. The summed E-state index contributed by atoms with van der Waals surface area (Å²) >= 11 is 5.85. The lowest BCUT2D eigenvalue weighted by Gasteiger charge is -2.26. The van der Waals surface area contributed by atoms with Crippen LogP contribution in [0.3, 0.4) is 0 Å². The molecule has 13 heteroatoms. The van der Waals surface area contributed by atoms with E-state index >= 15 is 0 Å². The van der Waals surface area contributed by atoms with E-state index in [0.29, 0.717) is 59.1 Å². The van der Waals surface area contributed by atoms with Crippen LogP contribution >= 0.6 is 39.0 Å². The molecule has 2 aromatic carbocycles. The highest BCUT2D eigenvalue weighted by Crippen LogP contribution is 2.36. The Morgan fingerprint density at radius 1 is 1.11 bits per heavy atom. The van der Waals surface area contributed by atoms with Crippen LogP contribution in [0.15, 0.2) is 106 Å². The van der Waals surface area contributed by atoms with Gasteiger partial charge in [0.1, 0.15) is 11.5 Å². The van der Waals surface area contributed by atoms with Gasteiger partial charge in [-0.1, -0.05) is 53.8 Å². The maximum absolute atomic E-state index is 14.2. The molecular weight excluding hydrogens is 692 g/mol. The highest BCUT2D eigenvalue weighted by atomic mass is 79.9. The predicted molar refractivity (Wildman–Crippen MR) is 179 cm³/mol. The van der Waals surface area contributed by atoms with Crippen LogP contribution in [0.1, 0.15) is 42.5 Å². The van der Waals surface area contributed by atoms with Gasteiger partial charge in [-0.2, -0.15) is 0 Å². The van der Waals surface area contributed by atoms with E-state index in [-0.39, 0.29) is 23.3 Å². The maximum Gasteiger partial charge on any atom is 0.338 e. The Morgan fingerprint density at radius 2 is 1.87 bits per heavy atom. The molecule has 10 nitrogen and oxygen atoms in total. The number of hydrogen-bond donors (Lipinski definition) is 1. The molecule has 234 valence electrons. The van der Waals surface area contributed by atoms with Crippen molar-refractivity contribution >= 4 is 56.8 Å². The molecule has 5 aromatic rings. The van der Waals surface area contributed by atoms with Gasteiger partial charge in [0.25, 0.3) is 11.1 Å². The Kier molecular flexibility index (Phi) is 9.24. The van der Waals surface area contributed by atoms with E-state index in [1.165, 1.54) is 22.0 Å². The summed E-state index contributed by atoms with van der Waals surface area (Å²) in [4.78, 5) is 52.1. The van der Waals surface area contributed by atoms with E-state index in [1.54, 1.807) is 26.0 Å². The van der Waals surface area contributed by atoms with Gasteiger partial charge in [0, 0.05) is 23.4 Å². The number of H-pyrrole nitrogens is 1. The second-order valence-electron chi connectivity index (χ2n) is 10.0. The number of nitrogens with one attached hydrogen (secondary N) is 1. The first-order valence-corrected chi connectivity index (χ1v) is 16.7. The van der Waals surface area contributed by atoms with Crippen LogP contribution in [0.4, 0.5) is 0 Å². The average molecular weight is 720 g/mol. The van der Waals surface area contributed by atoms with Crippen LogP contribution in [-0.4, -0.2) is 33.7 Å². The number of thiazole rings is 1. The Bertz CT molecular complexity index is 2200. The zero-order chi connectivity index (χ0) is 32.4. The van der Waals surface area contributed by atoms with E-state index in [0.717, 1.165) is 17.3 Å². The average Bonchev–Trinajstić information content (AvgIpc) is 3.54. The fourth-order valence-corrected chi connectivity index (χ4v) is 7.34. The Hall–Kier alpha value is -4.46. The van der Waals surface area contributed by atoms with Gasteiger partial charge in [-0.25, -0.2) is 14.8 Å². The van der Waals surface area contributed by atoms with E-state index in [9.17, 15) is 14.4 Å². The Balaban J connectivity index is 1.51. The molecule has 1 atom stereocenters. The third kappa shape index (κ3) is 6.43. The number of hydrogen-bond acceptors (Lipinski definition) is 10. The van der Waals surface area contributed by atoms with Crippen molar-refractivity contribution in [1.82, 2.24) is 14.5 Å². The third-order valence-electron chi connectivity index (χ3n) is 6.87. The maximum atomic E-state index is 14.2. The van der Waals surface area contributed by atoms with Crippen LogP contribution in [-0.2, 0) is 9.53 Å². The number of fused-ring (bicyclic) bond motifs is 1. The number of aryl methyl sites for hydroxylation is 1. The molecule has 0 spiro atoms. The first-order valence-electron chi connectivity index (χ1n) is 14.3. The minimum Gasteiger partial charge on any atom is -0.494 e. The number of nitrogens with zero attached hydrogens (tertiary/aromatic N) is 3. The van der Waals surface area contributed by atoms with Crippen LogP contribution in [0.5, 0.6) is 5.75 Å². The van der Waals surface area contributed by atoms with Gasteiger partial charge in [0.2, 0.25) is 0 Å². The molecule has 0 saturated heterocycles. The van der Waals surface area contributed by atoms with Crippen LogP contribution < -0.4 is 25.2 Å². The molecule has 1 N–H and O–H groups in total. The summed E-state index contributed by atoms with van der Waals surface area (Å²) in [6, 6.07) is 19.0. The van der Waals surface area contributed by atoms with Crippen molar-refractivity contribution in [2.45, 2.75) is 37.1 Å². The van der Waals surface area contributed by atoms with E-state index < -0.39 is 12.0 Å². The molecule has 0 fully saturated rings. The number of aromatic amines is 1. The molecule has 0 bridgehead atoms. The number of aromatic nitrogens is 3. The first-order chi connectivity index (χ1) is 22.2. The summed E-state index contributed by atoms with van der Waals surface area (Å²) < 4.78 is 19.7. The van der Waals surface area contributed by atoms with Crippen molar-refractivity contribution in [3.8, 4) is 5.75 Å². The van der Waals surface area contributed by atoms with E-state index in [2.05, 4.69) is 25.9 Å². The zero-order valence-corrected chi connectivity index (χ0v) is 28.1. The van der Waals surface area contributed by atoms with Crippen LogP contribution in [0.25, 0.3) is 11.8 Å². The van der Waals surface area contributed by atoms with Crippen molar-refractivity contribution < 1.29 is 18.7 Å². The highest BCUT2D eigenvalue weighted by molar-refractivity contribution is 9.10. The summed E-state index contributed by atoms with van der Waals surface area (Å²) in [5, 5.41) is 0.831. The number of carbonyl (C=O) groups excluding carboxylic acids is 1. The lowest BCUT2D eigenvalue weighted by molar-refractivity contribution is -0.138. The van der Waals surface area contributed by atoms with Gasteiger partial charge >= 0.3 is 5.97 Å². The lowest BCUT2D eigenvalue weighted by Crippen LogP contribution is -2.40. The normalized spacial score (nSPS) is 14.6. The van der Waals surface area contributed by atoms with Crippen molar-refractivity contribution in [1.29, 1.82) is 0 Å². The smallest absolute Gasteiger partial charge is 0.338 e. The van der Waals surface area contributed by atoms with Crippen molar-refractivity contribution in [3.05, 3.63) is 129 Å². The summed E-state index contributed by atoms with van der Waals surface area (Å²) in [5.74, 6) is 0.517. The minimum absolute atomic E-state index is 0.157. The van der Waals surface area contributed by atoms with Gasteiger partial charge in [-0.05, 0) is 72.2 Å². The van der Waals surface area contributed by atoms with E-state index in [4.69, 9.17) is 18.9 Å².